The van der Waals surface area contributed by atoms with Crippen LogP contribution in [0.25, 0.3) is 0 Å². The number of unbranched alkanes of at least 4 members (excludes halogenated alkanes) is 7. The van der Waals surface area contributed by atoms with Gasteiger partial charge in [-0.3, -0.25) is 4.79 Å². The van der Waals surface area contributed by atoms with Crippen molar-refractivity contribution in [2.75, 3.05) is 12.0 Å². The Morgan fingerprint density at radius 3 is 2.27 bits per heavy atom. The molecule has 0 aromatic carbocycles. The Labute approximate surface area is 192 Å². The zero-order valence-electron chi connectivity index (χ0n) is 20.7. The summed E-state index contributed by atoms with van der Waals surface area (Å²) < 4.78 is 0. The van der Waals surface area contributed by atoms with Crippen LogP contribution in [0.2, 0.25) is 0 Å². The van der Waals surface area contributed by atoms with Crippen molar-refractivity contribution < 1.29 is 4.79 Å². The summed E-state index contributed by atoms with van der Waals surface area (Å²) in [5.74, 6) is 1.23. The molecule has 2 nitrogen and oxygen atoms in total. The SMILES string of the molecule is C=C(CCCCCCC/C=C\C/C(C)=C(/C)CCCCC)NC(CCSC)C(C)=O. The molecule has 0 aliphatic heterocycles. The van der Waals surface area contributed by atoms with Crippen LogP contribution in [0.15, 0.2) is 35.6 Å². The monoisotopic (exact) mass is 435 g/mol. The third-order valence-electron chi connectivity index (χ3n) is 5.80. The fourth-order valence-electron chi connectivity index (χ4n) is 3.47. The van der Waals surface area contributed by atoms with E-state index < -0.39 is 0 Å². The number of ketones is 1. The summed E-state index contributed by atoms with van der Waals surface area (Å²) in [5.41, 5.74) is 4.16. The second kappa shape index (κ2) is 20.0. The number of Topliss-reactive ketones (excluding diaryl/α,β-unsaturated/α-hetero) is 1. The van der Waals surface area contributed by atoms with Crippen LogP contribution in [0.5, 0.6) is 0 Å². The average molecular weight is 436 g/mol. The Morgan fingerprint density at radius 2 is 1.60 bits per heavy atom. The smallest absolute Gasteiger partial charge is 0.151 e. The number of hydrogen-bond acceptors (Lipinski definition) is 3. The van der Waals surface area contributed by atoms with E-state index in [0.717, 1.165) is 37.1 Å². The molecule has 0 rings (SSSR count). The quantitative estimate of drug-likeness (QED) is 0.154. The van der Waals surface area contributed by atoms with Gasteiger partial charge < -0.3 is 5.32 Å². The van der Waals surface area contributed by atoms with Gasteiger partial charge in [0.15, 0.2) is 5.78 Å². The molecule has 174 valence electrons. The van der Waals surface area contributed by atoms with Crippen molar-refractivity contribution in [2.45, 2.75) is 117 Å². The molecule has 0 aromatic heterocycles. The second-order valence-electron chi connectivity index (χ2n) is 8.69. The van der Waals surface area contributed by atoms with Crippen LogP contribution in [0.1, 0.15) is 111 Å². The van der Waals surface area contributed by atoms with Crippen LogP contribution in [0, 0.1) is 0 Å². The number of allylic oxidation sites excluding steroid dienone is 5. The highest BCUT2D eigenvalue weighted by Gasteiger charge is 2.13. The van der Waals surface area contributed by atoms with Gasteiger partial charge in [0, 0.05) is 5.70 Å². The molecule has 0 aliphatic carbocycles. The summed E-state index contributed by atoms with van der Waals surface area (Å²) in [6.45, 7) is 12.6. The van der Waals surface area contributed by atoms with E-state index in [1.807, 2.05) is 0 Å². The standard InChI is InChI=1S/C27H49NOS/c1-7-8-15-18-23(2)24(3)19-16-13-11-9-10-12-14-17-20-25(4)28-27(26(5)29)21-22-30-6/h13,16,27-28H,4,7-12,14-15,17-22H2,1-3,5-6H3/b16-13-,24-23-. The molecule has 0 aromatic rings. The third-order valence-corrected chi connectivity index (χ3v) is 6.45. The third kappa shape index (κ3) is 16.8. The first-order valence-electron chi connectivity index (χ1n) is 12.2. The lowest BCUT2D eigenvalue weighted by molar-refractivity contribution is -0.118. The summed E-state index contributed by atoms with van der Waals surface area (Å²) in [5, 5.41) is 3.34. The highest BCUT2D eigenvalue weighted by atomic mass is 32.2. The molecule has 0 saturated carbocycles. The molecule has 3 heteroatoms. The molecular weight excluding hydrogens is 386 g/mol. The number of nitrogens with one attached hydrogen (secondary N) is 1. The number of carbonyl (C=O) groups is 1. The van der Waals surface area contributed by atoms with Crippen molar-refractivity contribution in [1.29, 1.82) is 0 Å². The minimum Gasteiger partial charge on any atom is -0.379 e. The normalized spacial score (nSPS) is 13.4. The molecule has 0 radical (unpaired) electrons. The first-order valence-corrected chi connectivity index (χ1v) is 13.6. The van der Waals surface area contributed by atoms with Gasteiger partial charge in [-0.2, -0.15) is 11.8 Å². The Kier molecular flexibility index (Phi) is 19.3. The lowest BCUT2D eigenvalue weighted by Gasteiger charge is -2.18. The molecule has 0 heterocycles. The summed E-state index contributed by atoms with van der Waals surface area (Å²) in [6.07, 6.45) is 22.5. The molecule has 30 heavy (non-hydrogen) atoms. The van der Waals surface area contributed by atoms with Crippen molar-refractivity contribution in [3.63, 3.8) is 0 Å². The molecule has 1 atom stereocenters. The van der Waals surface area contributed by atoms with E-state index in [2.05, 4.69) is 51.1 Å². The number of thioether (sulfide) groups is 1. The second-order valence-corrected chi connectivity index (χ2v) is 9.68. The first-order chi connectivity index (χ1) is 14.4. The Morgan fingerprint density at radius 1 is 0.933 bits per heavy atom. The highest BCUT2D eigenvalue weighted by Crippen LogP contribution is 2.16. The van der Waals surface area contributed by atoms with E-state index in [0.29, 0.717) is 0 Å². The summed E-state index contributed by atoms with van der Waals surface area (Å²) in [7, 11) is 0. The largest absolute Gasteiger partial charge is 0.379 e. The minimum atomic E-state index is -0.0599. The maximum atomic E-state index is 11.7. The molecule has 1 unspecified atom stereocenters. The lowest BCUT2D eigenvalue weighted by atomic mass is 10.0. The summed E-state index contributed by atoms with van der Waals surface area (Å²) in [4.78, 5) is 11.7. The maximum absolute atomic E-state index is 11.7. The zero-order chi connectivity index (χ0) is 22.6. The summed E-state index contributed by atoms with van der Waals surface area (Å²) in [6, 6.07) is -0.0599. The number of carbonyl (C=O) groups excluding carboxylic acids is 1. The van der Waals surface area contributed by atoms with Crippen molar-refractivity contribution >= 4 is 17.5 Å². The van der Waals surface area contributed by atoms with Crippen LogP contribution in [-0.2, 0) is 4.79 Å². The molecule has 0 aliphatic rings. The minimum absolute atomic E-state index is 0.0599. The van der Waals surface area contributed by atoms with Gasteiger partial charge in [0.05, 0.1) is 6.04 Å². The molecular formula is C27H49NOS. The first kappa shape index (κ1) is 29.0. The van der Waals surface area contributed by atoms with Crippen molar-refractivity contribution in [3.05, 3.63) is 35.6 Å². The highest BCUT2D eigenvalue weighted by molar-refractivity contribution is 7.98. The van der Waals surface area contributed by atoms with Gasteiger partial charge in [-0.05, 0) is 84.1 Å². The van der Waals surface area contributed by atoms with E-state index in [1.54, 1.807) is 29.8 Å². The number of hydrogen-bond donors (Lipinski definition) is 1. The van der Waals surface area contributed by atoms with E-state index >= 15 is 0 Å². The van der Waals surface area contributed by atoms with Crippen molar-refractivity contribution in [1.82, 2.24) is 5.32 Å². The van der Waals surface area contributed by atoms with Crippen LogP contribution in [-0.4, -0.2) is 23.8 Å². The van der Waals surface area contributed by atoms with Gasteiger partial charge in [0.2, 0.25) is 0 Å². The van der Waals surface area contributed by atoms with Crippen molar-refractivity contribution in [2.24, 2.45) is 0 Å². The Balaban J connectivity index is 3.75. The van der Waals surface area contributed by atoms with Crippen LogP contribution in [0.3, 0.4) is 0 Å². The summed E-state index contributed by atoms with van der Waals surface area (Å²) >= 11 is 1.79. The predicted molar refractivity (Wildman–Crippen MR) is 138 cm³/mol. The van der Waals surface area contributed by atoms with Gasteiger partial charge in [-0.25, -0.2) is 0 Å². The maximum Gasteiger partial charge on any atom is 0.151 e. The zero-order valence-corrected chi connectivity index (χ0v) is 21.5. The topological polar surface area (TPSA) is 29.1 Å². The van der Waals surface area contributed by atoms with Crippen LogP contribution < -0.4 is 5.32 Å². The van der Waals surface area contributed by atoms with Gasteiger partial charge in [-0.1, -0.05) is 68.9 Å². The predicted octanol–water partition coefficient (Wildman–Crippen LogP) is 8.39. The Hall–Kier alpha value is -0.960. The van der Waals surface area contributed by atoms with Crippen LogP contribution >= 0.6 is 11.8 Å². The van der Waals surface area contributed by atoms with Crippen LogP contribution in [0.4, 0.5) is 0 Å². The Bertz CT molecular complexity index is 521. The van der Waals surface area contributed by atoms with Gasteiger partial charge >= 0.3 is 0 Å². The van der Waals surface area contributed by atoms with E-state index in [4.69, 9.17) is 0 Å². The van der Waals surface area contributed by atoms with E-state index in [9.17, 15) is 4.79 Å². The van der Waals surface area contributed by atoms with Gasteiger partial charge in [-0.15, -0.1) is 0 Å². The van der Waals surface area contributed by atoms with Gasteiger partial charge in [0.1, 0.15) is 0 Å². The molecule has 0 amide bonds. The lowest BCUT2D eigenvalue weighted by Crippen LogP contribution is -2.35. The fraction of sp³-hybridized carbons (Fsp3) is 0.741. The average Bonchev–Trinajstić information content (AvgIpc) is 2.72. The molecule has 0 saturated heterocycles. The van der Waals surface area contributed by atoms with Crippen molar-refractivity contribution in [3.8, 4) is 0 Å². The fourth-order valence-corrected chi connectivity index (χ4v) is 3.94. The molecule has 0 fully saturated rings. The molecule has 0 spiro atoms. The van der Waals surface area contributed by atoms with Gasteiger partial charge in [0.25, 0.3) is 0 Å². The number of rotatable bonds is 20. The van der Waals surface area contributed by atoms with E-state index in [1.165, 1.54) is 57.8 Å². The van der Waals surface area contributed by atoms with E-state index in [-0.39, 0.29) is 11.8 Å². The molecule has 0 bridgehead atoms. The molecule has 1 N–H and O–H groups in total.